The molecule has 4 aromatic rings. The number of para-hydroxylation sites is 1. The molecule has 4 rings (SSSR count). The number of amides is 3. The van der Waals surface area contributed by atoms with Gasteiger partial charge in [-0.25, -0.2) is 0 Å². The van der Waals surface area contributed by atoms with Crippen LogP contribution in [0.15, 0.2) is 83.8 Å². The summed E-state index contributed by atoms with van der Waals surface area (Å²) in [7, 11) is 0. The number of pyridine rings is 1. The average Bonchev–Trinajstić information content (AvgIpc) is 3.41. The van der Waals surface area contributed by atoms with Crippen LogP contribution in [0, 0.1) is 5.92 Å². The van der Waals surface area contributed by atoms with E-state index in [1.807, 2.05) is 56.3 Å². The highest BCUT2D eigenvalue weighted by Gasteiger charge is 2.31. The fraction of sp³-hybridized carbons (Fsp3) is 0.258. The summed E-state index contributed by atoms with van der Waals surface area (Å²) in [5, 5.41) is 8.82. The van der Waals surface area contributed by atoms with Gasteiger partial charge in [-0.1, -0.05) is 68.4 Å². The third kappa shape index (κ3) is 7.78. The van der Waals surface area contributed by atoms with Crippen LogP contribution in [0.5, 0.6) is 0 Å². The van der Waals surface area contributed by atoms with Crippen LogP contribution in [-0.2, 0) is 27.3 Å². The topological polar surface area (TPSA) is 153 Å². The number of hydrogen-bond donors (Lipinski definition) is 5. The summed E-state index contributed by atoms with van der Waals surface area (Å²) in [6, 6.07) is 19.0. The molecule has 2 aromatic heterocycles. The van der Waals surface area contributed by atoms with Crippen molar-refractivity contribution in [2.24, 2.45) is 5.92 Å². The van der Waals surface area contributed by atoms with Crippen LogP contribution in [0.25, 0.3) is 10.9 Å². The summed E-state index contributed by atoms with van der Waals surface area (Å²) in [6.45, 7) is 3.92. The number of carbonyl (C=O) groups excluding carboxylic acids is 4. The number of carbonyl (C=O) groups is 4. The number of benzene rings is 2. The van der Waals surface area contributed by atoms with Crippen molar-refractivity contribution in [3.8, 4) is 0 Å². The molecule has 2 atom stereocenters. The first-order valence-electron chi connectivity index (χ1n) is 13.4. The summed E-state index contributed by atoms with van der Waals surface area (Å²) >= 11 is 0. The lowest BCUT2D eigenvalue weighted by molar-refractivity contribution is -0.140. The second-order valence-corrected chi connectivity index (χ2v) is 10.2. The minimum Gasteiger partial charge on any atom is -0.351 e. The molecule has 0 unspecified atom stereocenters. The molecule has 0 aliphatic carbocycles. The van der Waals surface area contributed by atoms with Gasteiger partial charge in [0.2, 0.25) is 11.7 Å². The zero-order chi connectivity index (χ0) is 29.4. The molecule has 5 N–H and O–H groups in total. The zero-order valence-corrected chi connectivity index (χ0v) is 22.9. The predicted molar refractivity (Wildman–Crippen MR) is 155 cm³/mol. The first-order valence-corrected chi connectivity index (χ1v) is 13.4. The quantitative estimate of drug-likeness (QED) is 0.170. The minimum atomic E-state index is -1.33. The number of aromatic amines is 2. The van der Waals surface area contributed by atoms with Gasteiger partial charge in [0.1, 0.15) is 17.8 Å². The molecule has 2 heterocycles. The van der Waals surface area contributed by atoms with Crippen molar-refractivity contribution in [1.82, 2.24) is 25.9 Å². The Morgan fingerprint density at radius 2 is 1.59 bits per heavy atom. The van der Waals surface area contributed by atoms with Crippen molar-refractivity contribution in [3.05, 3.63) is 106 Å². The highest BCUT2D eigenvalue weighted by atomic mass is 16.2. The van der Waals surface area contributed by atoms with Crippen molar-refractivity contribution in [1.29, 1.82) is 0 Å². The van der Waals surface area contributed by atoms with E-state index in [4.69, 9.17) is 0 Å². The SMILES string of the molecule is CC(C)C[C@H](NC(=O)c1cc2ccccc2[nH]1)C(=O)N[C@@H](Cc1ccc[nH]c1=O)C(=O)C(=O)NCc1ccccc1. The van der Waals surface area contributed by atoms with Gasteiger partial charge in [0.25, 0.3) is 17.4 Å². The summed E-state index contributed by atoms with van der Waals surface area (Å²) in [4.78, 5) is 70.6. The van der Waals surface area contributed by atoms with Gasteiger partial charge in [-0.2, -0.15) is 0 Å². The number of aromatic nitrogens is 2. The molecular formula is C31H33N5O5. The van der Waals surface area contributed by atoms with E-state index in [1.165, 1.54) is 12.3 Å². The van der Waals surface area contributed by atoms with E-state index in [0.29, 0.717) is 0 Å². The molecular weight excluding hydrogens is 522 g/mol. The van der Waals surface area contributed by atoms with E-state index in [1.54, 1.807) is 24.3 Å². The van der Waals surface area contributed by atoms with E-state index in [9.17, 15) is 24.0 Å². The number of nitrogens with one attached hydrogen (secondary N) is 5. The molecule has 3 amide bonds. The van der Waals surface area contributed by atoms with Gasteiger partial charge < -0.3 is 25.9 Å². The lowest BCUT2D eigenvalue weighted by Gasteiger charge is -2.23. The number of Topliss-reactive ketones (excluding diaryl/α,β-unsaturated/α-hetero) is 1. The number of hydrogen-bond acceptors (Lipinski definition) is 5. The average molecular weight is 556 g/mol. The Labute approximate surface area is 236 Å². The molecule has 0 spiro atoms. The molecule has 10 heteroatoms. The molecule has 10 nitrogen and oxygen atoms in total. The Bertz CT molecular complexity index is 1560. The smallest absolute Gasteiger partial charge is 0.289 e. The third-order valence-corrected chi connectivity index (χ3v) is 6.58. The van der Waals surface area contributed by atoms with Crippen LogP contribution in [0.3, 0.4) is 0 Å². The molecule has 0 radical (unpaired) electrons. The number of rotatable bonds is 12. The van der Waals surface area contributed by atoms with Gasteiger partial charge in [0, 0.05) is 35.6 Å². The van der Waals surface area contributed by atoms with E-state index < -0.39 is 41.1 Å². The van der Waals surface area contributed by atoms with Gasteiger partial charge in [-0.3, -0.25) is 24.0 Å². The molecule has 0 bridgehead atoms. The van der Waals surface area contributed by atoms with Gasteiger partial charge in [0.15, 0.2) is 0 Å². The molecule has 0 fully saturated rings. The Morgan fingerprint density at radius 1 is 0.854 bits per heavy atom. The fourth-order valence-electron chi connectivity index (χ4n) is 4.48. The molecule has 0 saturated heterocycles. The summed E-state index contributed by atoms with van der Waals surface area (Å²) in [6.07, 6.45) is 1.53. The van der Waals surface area contributed by atoms with E-state index in [-0.39, 0.29) is 36.6 Å². The first-order chi connectivity index (χ1) is 19.7. The number of ketones is 1. The van der Waals surface area contributed by atoms with Crippen molar-refractivity contribution < 1.29 is 19.2 Å². The van der Waals surface area contributed by atoms with Gasteiger partial charge in [-0.05, 0) is 36.1 Å². The lowest BCUT2D eigenvalue weighted by atomic mass is 9.99. The zero-order valence-electron chi connectivity index (χ0n) is 22.9. The highest BCUT2D eigenvalue weighted by molar-refractivity contribution is 6.38. The van der Waals surface area contributed by atoms with Gasteiger partial charge >= 0.3 is 0 Å². The van der Waals surface area contributed by atoms with Crippen LogP contribution < -0.4 is 21.5 Å². The largest absolute Gasteiger partial charge is 0.351 e. The van der Waals surface area contributed by atoms with Gasteiger partial charge in [-0.15, -0.1) is 0 Å². The van der Waals surface area contributed by atoms with Crippen molar-refractivity contribution in [3.63, 3.8) is 0 Å². The van der Waals surface area contributed by atoms with Crippen molar-refractivity contribution in [2.75, 3.05) is 0 Å². The van der Waals surface area contributed by atoms with E-state index >= 15 is 0 Å². The summed E-state index contributed by atoms with van der Waals surface area (Å²) in [5.41, 5.74) is 1.66. The molecule has 212 valence electrons. The Morgan fingerprint density at radius 3 is 2.29 bits per heavy atom. The van der Waals surface area contributed by atoms with Gasteiger partial charge in [0.05, 0.1) is 0 Å². The minimum absolute atomic E-state index is 0.0223. The van der Waals surface area contributed by atoms with E-state index in [2.05, 4.69) is 25.9 Å². The van der Waals surface area contributed by atoms with Crippen LogP contribution in [-0.4, -0.2) is 45.6 Å². The molecule has 0 aliphatic heterocycles. The van der Waals surface area contributed by atoms with Crippen LogP contribution >= 0.6 is 0 Å². The Balaban J connectivity index is 1.52. The number of fused-ring (bicyclic) bond motifs is 1. The van der Waals surface area contributed by atoms with Crippen LogP contribution in [0.1, 0.15) is 41.9 Å². The molecule has 2 aromatic carbocycles. The summed E-state index contributed by atoms with van der Waals surface area (Å²) < 4.78 is 0. The van der Waals surface area contributed by atoms with Crippen molar-refractivity contribution in [2.45, 2.75) is 45.3 Å². The maximum absolute atomic E-state index is 13.5. The predicted octanol–water partition coefficient (Wildman–Crippen LogP) is 2.61. The Kier molecular flexibility index (Phi) is 9.47. The first kappa shape index (κ1) is 29.0. The third-order valence-electron chi connectivity index (χ3n) is 6.58. The lowest BCUT2D eigenvalue weighted by Crippen LogP contribution is -2.55. The van der Waals surface area contributed by atoms with Crippen LogP contribution in [0.2, 0.25) is 0 Å². The van der Waals surface area contributed by atoms with E-state index in [0.717, 1.165) is 16.5 Å². The molecule has 0 aliphatic rings. The maximum Gasteiger partial charge on any atom is 0.289 e. The Hall–Kier alpha value is -4.99. The second-order valence-electron chi connectivity index (χ2n) is 10.2. The monoisotopic (exact) mass is 555 g/mol. The molecule has 0 saturated carbocycles. The summed E-state index contributed by atoms with van der Waals surface area (Å²) in [5.74, 6) is -2.89. The second kappa shape index (κ2) is 13.4. The normalized spacial score (nSPS) is 12.5. The van der Waals surface area contributed by atoms with Crippen LogP contribution in [0.4, 0.5) is 0 Å². The highest BCUT2D eigenvalue weighted by Crippen LogP contribution is 2.15. The molecule has 41 heavy (non-hydrogen) atoms. The maximum atomic E-state index is 13.5. The fourth-order valence-corrected chi connectivity index (χ4v) is 4.48. The van der Waals surface area contributed by atoms with Crippen molar-refractivity contribution >= 4 is 34.4 Å². The number of H-pyrrole nitrogens is 2. The standard InChI is InChI=1S/C31H33N5O5/c1-19(2)15-25(36-30(40)26-16-21-11-6-7-13-23(21)34-26)29(39)35-24(17-22-12-8-14-32-28(22)38)27(37)31(41)33-18-20-9-4-3-5-10-20/h3-14,16,19,24-25,34H,15,17-18H2,1-2H3,(H,32,38)(H,33,41)(H,35,39)(H,36,40)/t24-,25-/m0/s1.